The van der Waals surface area contributed by atoms with Gasteiger partial charge in [0, 0.05) is 6.42 Å². The molecule has 0 aliphatic carbocycles. The highest BCUT2D eigenvalue weighted by atomic mass is 16.1. The first kappa shape index (κ1) is 14.7. The van der Waals surface area contributed by atoms with E-state index in [-0.39, 0.29) is 0 Å². The molecule has 0 aromatic rings. The molecule has 1 nitrogen and oxygen atoms in total. The van der Waals surface area contributed by atoms with Crippen LogP contribution in [0.4, 0.5) is 0 Å². The number of carbonyl (C=O) groups excluding carboxylic acids is 1. The Balaban J connectivity index is 3.57. The molecule has 0 spiro atoms. The monoisotopic (exact) mass is 212 g/mol. The van der Waals surface area contributed by atoms with Crippen LogP contribution in [-0.2, 0) is 4.79 Å². The smallest absolute Gasteiger partial charge is 0.119 e. The largest absolute Gasteiger partial charge is 0.303 e. The molecule has 0 saturated heterocycles. The lowest BCUT2D eigenvalue weighted by Crippen LogP contribution is -2.01. The second kappa shape index (κ2) is 11.7. The van der Waals surface area contributed by atoms with Gasteiger partial charge in [0.1, 0.15) is 6.29 Å². The first-order valence-corrected chi connectivity index (χ1v) is 6.78. The average molecular weight is 212 g/mol. The highest BCUT2D eigenvalue weighted by Crippen LogP contribution is 2.22. The summed E-state index contributed by atoms with van der Waals surface area (Å²) in [5, 5.41) is 0. The second-order valence-corrected chi connectivity index (χ2v) is 4.60. The molecule has 0 heterocycles. The molecule has 0 radical (unpaired) electrons. The van der Waals surface area contributed by atoms with Gasteiger partial charge in [0.25, 0.3) is 0 Å². The van der Waals surface area contributed by atoms with Crippen molar-refractivity contribution in [3.63, 3.8) is 0 Å². The zero-order valence-electron chi connectivity index (χ0n) is 10.6. The van der Waals surface area contributed by atoms with Gasteiger partial charge in [0.15, 0.2) is 0 Å². The number of hydrogen-bond donors (Lipinski definition) is 0. The van der Waals surface area contributed by atoms with Crippen molar-refractivity contribution < 1.29 is 4.79 Å². The lowest BCUT2D eigenvalue weighted by Gasteiger charge is -2.15. The molecule has 15 heavy (non-hydrogen) atoms. The summed E-state index contributed by atoms with van der Waals surface area (Å²) in [5.41, 5.74) is 0. The summed E-state index contributed by atoms with van der Waals surface area (Å²) >= 11 is 0. The first-order valence-electron chi connectivity index (χ1n) is 6.78. The van der Waals surface area contributed by atoms with E-state index < -0.39 is 0 Å². The van der Waals surface area contributed by atoms with Crippen molar-refractivity contribution >= 4 is 6.29 Å². The van der Waals surface area contributed by atoms with Gasteiger partial charge < -0.3 is 4.79 Å². The summed E-state index contributed by atoms with van der Waals surface area (Å²) in [5.74, 6) is 0.886. The van der Waals surface area contributed by atoms with Crippen molar-refractivity contribution in [2.45, 2.75) is 78.1 Å². The third-order valence-electron chi connectivity index (χ3n) is 3.12. The number of aldehydes is 1. The number of rotatable bonds is 11. The van der Waals surface area contributed by atoms with Crippen molar-refractivity contribution in [2.24, 2.45) is 5.92 Å². The number of hydrogen-bond acceptors (Lipinski definition) is 1. The van der Waals surface area contributed by atoms with E-state index in [0.717, 1.165) is 25.0 Å². The summed E-state index contributed by atoms with van der Waals surface area (Å²) in [7, 11) is 0. The molecule has 0 saturated carbocycles. The van der Waals surface area contributed by atoms with E-state index >= 15 is 0 Å². The summed E-state index contributed by atoms with van der Waals surface area (Å²) in [6.07, 6.45) is 13.7. The van der Waals surface area contributed by atoms with Gasteiger partial charge in [0.05, 0.1) is 0 Å². The Labute approximate surface area is 95.6 Å². The van der Waals surface area contributed by atoms with Gasteiger partial charge in [-0.3, -0.25) is 0 Å². The number of unbranched alkanes of at least 4 members (excludes halogenated alkanes) is 4. The van der Waals surface area contributed by atoms with Gasteiger partial charge in [0.2, 0.25) is 0 Å². The van der Waals surface area contributed by atoms with Crippen LogP contribution in [0.2, 0.25) is 0 Å². The Bertz CT molecular complexity index is 131. The number of carbonyl (C=O) groups is 1. The summed E-state index contributed by atoms with van der Waals surface area (Å²) in [6.45, 7) is 4.52. The lowest BCUT2D eigenvalue weighted by molar-refractivity contribution is -0.108. The molecule has 0 N–H and O–H groups in total. The maximum absolute atomic E-state index is 10.3. The summed E-state index contributed by atoms with van der Waals surface area (Å²) in [4.78, 5) is 10.3. The Kier molecular flexibility index (Phi) is 11.5. The topological polar surface area (TPSA) is 17.1 Å². The van der Waals surface area contributed by atoms with Crippen molar-refractivity contribution in [1.29, 1.82) is 0 Å². The van der Waals surface area contributed by atoms with Crippen LogP contribution < -0.4 is 0 Å². The van der Waals surface area contributed by atoms with Crippen molar-refractivity contribution in [1.82, 2.24) is 0 Å². The highest BCUT2D eigenvalue weighted by molar-refractivity contribution is 5.48. The van der Waals surface area contributed by atoms with Crippen LogP contribution in [0.3, 0.4) is 0 Å². The molecule has 1 atom stereocenters. The van der Waals surface area contributed by atoms with Crippen LogP contribution in [-0.4, -0.2) is 6.29 Å². The Morgan fingerprint density at radius 2 is 1.47 bits per heavy atom. The predicted molar refractivity (Wildman–Crippen MR) is 67.1 cm³/mol. The first-order chi connectivity index (χ1) is 7.35. The van der Waals surface area contributed by atoms with Crippen LogP contribution in [0, 0.1) is 5.92 Å². The Morgan fingerprint density at radius 3 is 2.07 bits per heavy atom. The predicted octanol–water partition coefficient (Wildman–Crippen LogP) is 4.74. The SMILES string of the molecule is CCCCCC(CCCC)CCCC=O. The van der Waals surface area contributed by atoms with Crippen molar-refractivity contribution in [3.05, 3.63) is 0 Å². The van der Waals surface area contributed by atoms with Gasteiger partial charge in [-0.05, 0) is 12.3 Å². The summed E-state index contributed by atoms with van der Waals surface area (Å²) < 4.78 is 0. The third kappa shape index (κ3) is 9.96. The maximum Gasteiger partial charge on any atom is 0.119 e. The van der Waals surface area contributed by atoms with E-state index in [1.54, 1.807) is 0 Å². The van der Waals surface area contributed by atoms with Gasteiger partial charge in [-0.2, -0.15) is 0 Å². The molecule has 0 aromatic carbocycles. The molecular weight excluding hydrogens is 184 g/mol. The molecule has 0 amide bonds. The Hall–Kier alpha value is -0.330. The maximum atomic E-state index is 10.3. The van der Waals surface area contributed by atoms with Crippen LogP contribution in [0.25, 0.3) is 0 Å². The molecule has 0 fully saturated rings. The molecular formula is C14H28O. The minimum atomic E-state index is 0.760. The molecule has 0 aromatic heterocycles. The minimum absolute atomic E-state index is 0.760. The molecule has 0 aliphatic heterocycles. The molecule has 0 bridgehead atoms. The summed E-state index contributed by atoms with van der Waals surface area (Å²) in [6, 6.07) is 0. The second-order valence-electron chi connectivity index (χ2n) is 4.60. The standard InChI is InChI=1S/C14H28O/c1-3-5-7-11-14(10-6-4-2)12-8-9-13-15/h13-14H,3-12H2,1-2H3. The van der Waals surface area contributed by atoms with Gasteiger partial charge in [-0.1, -0.05) is 65.2 Å². The molecule has 1 heteroatoms. The zero-order valence-corrected chi connectivity index (χ0v) is 10.6. The third-order valence-corrected chi connectivity index (χ3v) is 3.12. The van der Waals surface area contributed by atoms with E-state index in [0.29, 0.717) is 0 Å². The van der Waals surface area contributed by atoms with E-state index in [2.05, 4.69) is 13.8 Å². The molecule has 0 rings (SSSR count). The Morgan fingerprint density at radius 1 is 0.867 bits per heavy atom. The molecule has 1 unspecified atom stereocenters. The molecule has 90 valence electrons. The quantitative estimate of drug-likeness (QED) is 0.357. The normalized spacial score (nSPS) is 12.7. The van der Waals surface area contributed by atoms with Crippen LogP contribution >= 0.6 is 0 Å². The van der Waals surface area contributed by atoms with Crippen molar-refractivity contribution in [2.75, 3.05) is 0 Å². The van der Waals surface area contributed by atoms with Gasteiger partial charge >= 0.3 is 0 Å². The van der Waals surface area contributed by atoms with Gasteiger partial charge in [-0.15, -0.1) is 0 Å². The lowest BCUT2D eigenvalue weighted by atomic mass is 9.91. The highest BCUT2D eigenvalue weighted by Gasteiger charge is 2.07. The zero-order chi connectivity index (χ0) is 11.4. The fourth-order valence-electron chi connectivity index (χ4n) is 2.10. The van der Waals surface area contributed by atoms with E-state index in [9.17, 15) is 4.79 Å². The van der Waals surface area contributed by atoms with Gasteiger partial charge in [-0.25, -0.2) is 0 Å². The van der Waals surface area contributed by atoms with E-state index in [1.165, 1.54) is 51.4 Å². The average Bonchev–Trinajstić information content (AvgIpc) is 2.25. The van der Waals surface area contributed by atoms with E-state index in [1.807, 2.05) is 0 Å². The van der Waals surface area contributed by atoms with Crippen LogP contribution in [0.5, 0.6) is 0 Å². The van der Waals surface area contributed by atoms with Crippen LogP contribution in [0.1, 0.15) is 78.1 Å². The van der Waals surface area contributed by atoms with E-state index in [4.69, 9.17) is 0 Å². The van der Waals surface area contributed by atoms with Crippen LogP contribution in [0.15, 0.2) is 0 Å². The minimum Gasteiger partial charge on any atom is -0.303 e. The fourth-order valence-corrected chi connectivity index (χ4v) is 2.10. The molecule has 0 aliphatic rings. The van der Waals surface area contributed by atoms with Crippen molar-refractivity contribution in [3.8, 4) is 0 Å². The fraction of sp³-hybridized carbons (Fsp3) is 0.929.